The minimum Gasteiger partial charge on any atom is -0.431 e. The molecule has 0 saturated heterocycles. The Hall–Kier alpha value is -3.22. The smallest absolute Gasteiger partial charge is 0.431 e. The highest BCUT2D eigenvalue weighted by atomic mass is 32.1. The van der Waals surface area contributed by atoms with Crippen LogP contribution < -0.4 is 5.32 Å². The zero-order valence-corrected chi connectivity index (χ0v) is 19.8. The first kappa shape index (κ1) is 23.0. The summed E-state index contributed by atoms with van der Waals surface area (Å²) in [6.45, 7) is 2.17. The molecule has 0 spiro atoms. The van der Waals surface area contributed by atoms with Crippen LogP contribution in [0.25, 0.3) is 0 Å². The topological polar surface area (TPSA) is 101 Å². The van der Waals surface area contributed by atoms with Gasteiger partial charge in [-0.1, -0.05) is 24.3 Å². The van der Waals surface area contributed by atoms with Crippen LogP contribution in [0.5, 0.6) is 0 Å². The summed E-state index contributed by atoms with van der Waals surface area (Å²) in [5.74, 6) is -0.118. The Bertz CT molecular complexity index is 1180. The number of hydrogen-bond donors (Lipinski definition) is 1. The summed E-state index contributed by atoms with van der Waals surface area (Å²) >= 11 is 2.80. The number of thiophene rings is 1. The van der Waals surface area contributed by atoms with Crippen LogP contribution in [-0.4, -0.2) is 23.2 Å². The lowest BCUT2D eigenvalue weighted by Crippen LogP contribution is -2.25. The van der Waals surface area contributed by atoms with Crippen molar-refractivity contribution in [1.82, 2.24) is 4.98 Å². The van der Waals surface area contributed by atoms with Gasteiger partial charge in [-0.15, -0.1) is 22.7 Å². The Labute approximate surface area is 200 Å². The van der Waals surface area contributed by atoms with Gasteiger partial charge in [0.15, 0.2) is 0 Å². The van der Waals surface area contributed by atoms with Crippen molar-refractivity contribution in [1.29, 1.82) is 5.26 Å². The molecule has 7 nitrogen and oxygen atoms in total. The van der Waals surface area contributed by atoms with Crippen LogP contribution in [0.3, 0.4) is 0 Å². The predicted molar refractivity (Wildman–Crippen MR) is 126 cm³/mol. The van der Waals surface area contributed by atoms with Crippen molar-refractivity contribution in [3.05, 3.63) is 68.0 Å². The standard InChI is InChI=1S/C24H23N3O4S2/c1-15-4-2-3-5-16(15)6-9-22(28)27-23-20(11-25)19-8-7-17(10-21(19)33-23)31-24(29)30-13-18-12-26-14-32-18/h2-5,12,14,17H,6-10,13H2,1H3,(H,27,28). The van der Waals surface area contributed by atoms with Gasteiger partial charge >= 0.3 is 6.16 Å². The molecule has 0 aliphatic heterocycles. The minimum absolute atomic E-state index is 0.118. The molecule has 2 heterocycles. The molecule has 1 unspecified atom stereocenters. The van der Waals surface area contributed by atoms with Crippen LogP contribution in [0.15, 0.2) is 36.0 Å². The summed E-state index contributed by atoms with van der Waals surface area (Å²) in [7, 11) is 0. The summed E-state index contributed by atoms with van der Waals surface area (Å²) in [6.07, 6.45) is 3.33. The number of rotatable bonds is 7. The van der Waals surface area contributed by atoms with Crippen molar-refractivity contribution < 1.29 is 19.1 Å². The number of nitriles is 1. The summed E-state index contributed by atoms with van der Waals surface area (Å²) in [6, 6.07) is 10.2. The van der Waals surface area contributed by atoms with E-state index >= 15 is 0 Å². The van der Waals surface area contributed by atoms with Crippen LogP contribution in [0.4, 0.5) is 9.80 Å². The Morgan fingerprint density at radius 2 is 2.18 bits per heavy atom. The fourth-order valence-corrected chi connectivity index (χ4v) is 5.59. The highest BCUT2D eigenvalue weighted by Crippen LogP contribution is 2.38. The van der Waals surface area contributed by atoms with E-state index in [1.807, 2.05) is 31.2 Å². The molecular formula is C24H23N3O4S2. The van der Waals surface area contributed by atoms with Gasteiger partial charge in [0.25, 0.3) is 0 Å². The monoisotopic (exact) mass is 481 g/mol. The van der Waals surface area contributed by atoms with Crippen molar-refractivity contribution in [2.75, 3.05) is 5.32 Å². The fraction of sp³-hybridized carbons (Fsp3) is 0.333. The van der Waals surface area contributed by atoms with E-state index in [1.165, 1.54) is 22.7 Å². The van der Waals surface area contributed by atoms with Gasteiger partial charge in [0.2, 0.25) is 5.91 Å². The molecular weight excluding hydrogens is 458 g/mol. The van der Waals surface area contributed by atoms with Gasteiger partial charge in [-0.05, 0) is 42.9 Å². The first-order valence-electron chi connectivity index (χ1n) is 10.6. The van der Waals surface area contributed by atoms with Gasteiger partial charge in [0, 0.05) is 23.9 Å². The van der Waals surface area contributed by atoms with Crippen LogP contribution in [0.2, 0.25) is 0 Å². The Kier molecular flexibility index (Phi) is 7.37. The van der Waals surface area contributed by atoms with E-state index in [2.05, 4.69) is 16.4 Å². The molecule has 0 radical (unpaired) electrons. The van der Waals surface area contributed by atoms with Crippen LogP contribution >= 0.6 is 22.7 Å². The molecule has 9 heteroatoms. The molecule has 3 aromatic rings. The second-order valence-electron chi connectivity index (χ2n) is 7.78. The first-order chi connectivity index (χ1) is 16.0. The zero-order valence-electron chi connectivity index (χ0n) is 18.1. The van der Waals surface area contributed by atoms with E-state index in [1.54, 1.807) is 11.7 Å². The SMILES string of the molecule is Cc1ccccc1CCC(=O)Nc1sc2c(c1C#N)CCC(OC(=O)OCc1cncs1)C2. The van der Waals surface area contributed by atoms with E-state index in [0.29, 0.717) is 42.7 Å². The number of fused-ring (bicyclic) bond motifs is 1. The lowest BCUT2D eigenvalue weighted by Gasteiger charge is -2.21. The summed E-state index contributed by atoms with van der Waals surface area (Å²) in [5, 5.41) is 13.2. The highest BCUT2D eigenvalue weighted by molar-refractivity contribution is 7.16. The number of anilines is 1. The molecule has 1 atom stereocenters. The quantitative estimate of drug-likeness (QED) is 0.467. The summed E-state index contributed by atoms with van der Waals surface area (Å²) in [5.41, 5.74) is 5.43. The number of aryl methyl sites for hydroxylation is 2. The number of carbonyl (C=O) groups excluding carboxylic acids is 2. The molecule has 0 saturated carbocycles. The van der Waals surface area contributed by atoms with Crippen LogP contribution in [0.1, 0.15) is 44.8 Å². The number of nitrogens with zero attached hydrogens (tertiary/aromatic N) is 2. The molecule has 4 rings (SSSR count). The maximum atomic E-state index is 12.6. The number of aromatic nitrogens is 1. The van der Waals surface area contributed by atoms with Gasteiger partial charge < -0.3 is 14.8 Å². The third-order valence-electron chi connectivity index (χ3n) is 5.55. The maximum absolute atomic E-state index is 12.6. The van der Waals surface area contributed by atoms with Gasteiger partial charge in [-0.2, -0.15) is 5.26 Å². The number of benzene rings is 1. The van der Waals surface area contributed by atoms with E-state index in [9.17, 15) is 14.9 Å². The summed E-state index contributed by atoms with van der Waals surface area (Å²) in [4.78, 5) is 30.3. The Morgan fingerprint density at radius 3 is 2.94 bits per heavy atom. The van der Waals surface area contributed by atoms with Gasteiger partial charge in [0.1, 0.15) is 23.8 Å². The summed E-state index contributed by atoms with van der Waals surface area (Å²) < 4.78 is 10.6. The van der Waals surface area contributed by atoms with Crippen molar-refractivity contribution in [3.63, 3.8) is 0 Å². The average molecular weight is 482 g/mol. The molecule has 1 aliphatic carbocycles. The number of ether oxygens (including phenoxy) is 2. The number of hydrogen-bond acceptors (Lipinski definition) is 8. The second-order valence-corrected chi connectivity index (χ2v) is 9.86. The molecule has 1 N–H and O–H groups in total. The molecule has 170 valence electrons. The van der Waals surface area contributed by atoms with E-state index in [4.69, 9.17) is 9.47 Å². The van der Waals surface area contributed by atoms with Gasteiger partial charge in [-0.25, -0.2) is 4.79 Å². The normalized spacial score (nSPS) is 14.7. The number of amides is 1. The number of thiazole rings is 1. The van der Waals surface area contributed by atoms with Crippen molar-refractivity contribution in [3.8, 4) is 6.07 Å². The van der Waals surface area contributed by atoms with Gasteiger partial charge in [-0.3, -0.25) is 9.78 Å². The Balaban J connectivity index is 1.34. The van der Waals surface area contributed by atoms with Crippen molar-refractivity contribution in [2.45, 2.75) is 51.7 Å². The predicted octanol–water partition coefficient (Wildman–Crippen LogP) is 5.17. The molecule has 1 aromatic carbocycles. The lowest BCUT2D eigenvalue weighted by atomic mass is 9.94. The van der Waals surface area contributed by atoms with Crippen LogP contribution in [-0.2, 0) is 40.1 Å². The molecule has 2 aromatic heterocycles. The molecule has 1 amide bonds. The Morgan fingerprint density at radius 1 is 1.33 bits per heavy atom. The highest BCUT2D eigenvalue weighted by Gasteiger charge is 2.29. The van der Waals surface area contributed by atoms with Crippen LogP contribution in [0, 0.1) is 18.3 Å². The number of carbonyl (C=O) groups is 2. The van der Waals surface area contributed by atoms with E-state index < -0.39 is 6.16 Å². The molecule has 0 bridgehead atoms. The van der Waals surface area contributed by atoms with Gasteiger partial charge in [0.05, 0.1) is 16.0 Å². The maximum Gasteiger partial charge on any atom is 0.508 e. The lowest BCUT2D eigenvalue weighted by molar-refractivity contribution is -0.116. The number of nitrogens with one attached hydrogen (secondary N) is 1. The van der Waals surface area contributed by atoms with Crippen molar-refractivity contribution >= 4 is 39.7 Å². The average Bonchev–Trinajstić information content (AvgIpc) is 3.44. The zero-order chi connectivity index (χ0) is 23.2. The largest absolute Gasteiger partial charge is 0.508 e. The van der Waals surface area contributed by atoms with Crippen molar-refractivity contribution in [2.24, 2.45) is 0 Å². The third kappa shape index (κ3) is 5.78. The fourth-order valence-electron chi connectivity index (χ4n) is 3.80. The second kappa shape index (κ2) is 10.6. The third-order valence-corrected chi connectivity index (χ3v) is 7.47. The van der Waals surface area contributed by atoms with E-state index in [-0.39, 0.29) is 18.6 Å². The first-order valence-corrected chi connectivity index (χ1v) is 12.3. The van der Waals surface area contributed by atoms with E-state index in [0.717, 1.165) is 26.4 Å². The minimum atomic E-state index is -0.710. The molecule has 1 aliphatic rings. The molecule has 33 heavy (non-hydrogen) atoms. The molecule has 0 fully saturated rings.